The molecule has 0 aromatic carbocycles. The lowest BCUT2D eigenvalue weighted by Gasteiger charge is -2.58. The summed E-state index contributed by atoms with van der Waals surface area (Å²) in [5.74, 6) is 2.07. The predicted octanol–water partition coefficient (Wildman–Crippen LogP) is 5.34. The first-order valence-electron chi connectivity index (χ1n) is 11.0. The van der Waals surface area contributed by atoms with E-state index in [1.165, 1.54) is 70.5 Å². The molecule has 4 rings (SSSR count). The highest BCUT2D eigenvalue weighted by atomic mass is 16.1. The quantitative estimate of drug-likeness (QED) is 0.671. The second-order valence-corrected chi connectivity index (χ2v) is 8.49. The fourth-order valence-electron chi connectivity index (χ4n) is 4.74. The van der Waals surface area contributed by atoms with Gasteiger partial charge in [-0.3, -0.25) is 0 Å². The molecule has 2 saturated carbocycles. The van der Waals surface area contributed by atoms with Crippen LogP contribution in [-0.4, -0.2) is 40.3 Å². The maximum absolute atomic E-state index is 8.81. The number of aldehydes is 1. The molecule has 4 nitrogen and oxygen atoms in total. The van der Waals surface area contributed by atoms with Crippen molar-refractivity contribution in [3.63, 3.8) is 0 Å². The lowest BCUT2D eigenvalue weighted by atomic mass is 9.53. The van der Waals surface area contributed by atoms with Crippen LogP contribution < -0.4 is 0 Å². The molecule has 0 unspecified atom stereocenters. The Hall–Kier alpha value is -1.29. The highest BCUT2D eigenvalue weighted by Gasteiger charge is 2.50. The Morgan fingerprint density at radius 1 is 1.11 bits per heavy atom. The van der Waals surface area contributed by atoms with E-state index in [1.54, 1.807) is 0 Å². The molecular formula is C23H39N3O. The largest absolute Gasteiger partial charge is 0.304 e. The van der Waals surface area contributed by atoms with E-state index in [9.17, 15) is 0 Å². The summed E-state index contributed by atoms with van der Waals surface area (Å²) in [6.07, 6.45) is 15.0. The molecule has 0 radical (unpaired) electrons. The van der Waals surface area contributed by atoms with E-state index in [-0.39, 0.29) is 0 Å². The van der Waals surface area contributed by atoms with Crippen LogP contribution in [0.4, 0.5) is 0 Å². The minimum Gasteiger partial charge on any atom is -0.304 e. The maximum Gasteiger partial charge on any atom is 0.130 e. The van der Waals surface area contributed by atoms with Gasteiger partial charge in [0.25, 0.3) is 0 Å². The molecule has 1 aliphatic heterocycles. The van der Waals surface area contributed by atoms with Crippen molar-refractivity contribution >= 4 is 6.29 Å². The first-order valence-corrected chi connectivity index (χ1v) is 11.0. The van der Waals surface area contributed by atoms with Gasteiger partial charge < -0.3 is 9.69 Å². The van der Waals surface area contributed by atoms with Gasteiger partial charge in [0.1, 0.15) is 12.1 Å². The van der Waals surface area contributed by atoms with E-state index in [1.807, 2.05) is 13.8 Å². The zero-order valence-corrected chi connectivity index (χ0v) is 18.1. The van der Waals surface area contributed by atoms with Crippen molar-refractivity contribution in [3.05, 3.63) is 23.8 Å². The summed E-state index contributed by atoms with van der Waals surface area (Å²) in [4.78, 5) is 20.7. The smallest absolute Gasteiger partial charge is 0.130 e. The van der Waals surface area contributed by atoms with Gasteiger partial charge in [-0.1, -0.05) is 34.1 Å². The third kappa shape index (κ3) is 5.37. The van der Waals surface area contributed by atoms with Gasteiger partial charge in [0.05, 0.1) is 0 Å². The van der Waals surface area contributed by atoms with Gasteiger partial charge in [0.2, 0.25) is 0 Å². The molecule has 4 heteroatoms. The lowest BCUT2D eigenvalue weighted by molar-refractivity contribution is -0.106. The number of rotatable bonds is 3. The Labute approximate surface area is 166 Å². The minimum atomic E-state index is 0.424. The van der Waals surface area contributed by atoms with E-state index in [0.717, 1.165) is 23.6 Å². The number of hydrogen-bond acceptors (Lipinski definition) is 4. The molecular weight excluding hydrogens is 334 g/mol. The van der Waals surface area contributed by atoms with E-state index < -0.39 is 0 Å². The van der Waals surface area contributed by atoms with Gasteiger partial charge in [0.15, 0.2) is 0 Å². The lowest BCUT2D eigenvalue weighted by Crippen LogP contribution is -2.55. The Morgan fingerprint density at radius 2 is 1.63 bits per heavy atom. The normalized spacial score (nSPS) is 22.0. The number of nitrogens with zero attached hydrogens (tertiary/aromatic N) is 3. The number of carbonyl (C=O) groups excluding carboxylic acids is 1. The fraction of sp³-hybridized carbons (Fsp3) is 0.783. The highest BCUT2D eigenvalue weighted by Crippen LogP contribution is 2.57. The maximum atomic E-state index is 8.81. The Bertz CT molecular complexity index is 549. The van der Waals surface area contributed by atoms with Crippen LogP contribution in [0.1, 0.15) is 103 Å². The molecule has 2 aliphatic carbocycles. The highest BCUT2D eigenvalue weighted by molar-refractivity contribution is 5.44. The van der Waals surface area contributed by atoms with E-state index >= 15 is 0 Å². The number of likely N-dealkylation sites (tertiary alicyclic amines) is 1. The van der Waals surface area contributed by atoms with Crippen molar-refractivity contribution in [1.82, 2.24) is 14.9 Å². The molecule has 0 N–H and O–H groups in total. The van der Waals surface area contributed by atoms with Crippen LogP contribution in [0.25, 0.3) is 0 Å². The molecule has 1 saturated heterocycles. The summed E-state index contributed by atoms with van der Waals surface area (Å²) in [5, 5.41) is 0. The molecule has 1 spiro atoms. The number of hydrogen-bond donors (Lipinski definition) is 0. The minimum absolute atomic E-state index is 0.424. The average molecular weight is 374 g/mol. The first kappa shape index (κ1) is 22.0. The van der Waals surface area contributed by atoms with Crippen LogP contribution in [0.5, 0.6) is 0 Å². The zero-order valence-electron chi connectivity index (χ0n) is 18.1. The van der Waals surface area contributed by atoms with Gasteiger partial charge in [-0.25, -0.2) is 9.97 Å². The summed E-state index contributed by atoms with van der Waals surface area (Å²) >= 11 is 0. The molecule has 0 atom stereocenters. The molecule has 3 aliphatic rings. The van der Waals surface area contributed by atoms with Crippen LogP contribution in [-0.2, 0) is 4.79 Å². The van der Waals surface area contributed by atoms with Gasteiger partial charge >= 0.3 is 0 Å². The van der Waals surface area contributed by atoms with E-state index in [4.69, 9.17) is 4.79 Å². The monoisotopic (exact) mass is 373 g/mol. The van der Waals surface area contributed by atoms with Crippen molar-refractivity contribution in [2.45, 2.75) is 97.4 Å². The van der Waals surface area contributed by atoms with Crippen LogP contribution in [0.15, 0.2) is 12.4 Å². The molecule has 1 aromatic heterocycles. The van der Waals surface area contributed by atoms with Crippen LogP contribution >= 0.6 is 0 Å². The Kier molecular flexibility index (Phi) is 8.40. The summed E-state index contributed by atoms with van der Waals surface area (Å²) in [6, 6.07) is 0.904. The van der Waals surface area contributed by atoms with Crippen molar-refractivity contribution < 1.29 is 4.79 Å². The third-order valence-electron chi connectivity index (χ3n) is 6.48. The SMILES string of the molecule is CC.CC(C)c1ncc(C2CCN(C3CC4(CCC4)C3)CC2)cn1.CC=O. The molecule has 152 valence electrons. The van der Waals surface area contributed by atoms with Crippen LogP contribution in [0.3, 0.4) is 0 Å². The summed E-state index contributed by atoms with van der Waals surface area (Å²) in [6.45, 7) is 12.3. The van der Waals surface area contributed by atoms with Crippen molar-refractivity contribution in [2.24, 2.45) is 5.41 Å². The molecule has 0 amide bonds. The zero-order chi connectivity index (χ0) is 19.9. The van der Waals surface area contributed by atoms with Crippen molar-refractivity contribution in [2.75, 3.05) is 13.1 Å². The predicted molar refractivity (Wildman–Crippen MR) is 112 cm³/mol. The third-order valence-corrected chi connectivity index (χ3v) is 6.48. The second kappa shape index (κ2) is 10.3. The molecule has 2 heterocycles. The average Bonchev–Trinajstić information content (AvgIpc) is 2.62. The van der Waals surface area contributed by atoms with Gasteiger partial charge in [-0.05, 0) is 75.4 Å². The molecule has 3 fully saturated rings. The van der Waals surface area contributed by atoms with Crippen molar-refractivity contribution in [1.29, 1.82) is 0 Å². The second-order valence-electron chi connectivity index (χ2n) is 8.49. The molecule has 0 bridgehead atoms. The summed E-state index contributed by atoms with van der Waals surface area (Å²) in [7, 11) is 0. The first-order chi connectivity index (χ1) is 13.1. The van der Waals surface area contributed by atoms with Gasteiger partial charge in [-0.15, -0.1) is 0 Å². The molecule has 1 aromatic rings. The number of carbonyl (C=O) groups is 1. The standard InChI is InChI=1S/C19H29N3.C2H4O.C2H6/c1-14(2)18-20-12-16(13-21-18)15-4-8-22(9-5-15)17-10-19(11-17)6-3-7-19;1-2-3;1-2/h12-15,17H,3-11H2,1-2H3;2H,1H3;1-2H3. The summed E-state index contributed by atoms with van der Waals surface area (Å²) in [5.41, 5.74) is 2.16. The van der Waals surface area contributed by atoms with Crippen LogP contribution in [0.2, 0.25) is 0 Å². The fourth-order valence-corrected chi connectivity index (χ4v) is 4.74. The van der Waals surface area contributed by atoms with Crippen LogP contribution in [0, 0.1) is 5.41 Å². The Balaban J connectivity index is 0.000000478. The number of aromatic nitrogens is 2. The van der Waals surface area contributed by atoms with Gasteiger partial charge in [0, 0.05) is 24.4 Å². The summed E-state index contributed by atoms with van der Waals surface area (Å²) < 4.78 is 0. The van der Waals surface area contributed by atoms with E-state index in [0.29, 0.717) is 11.8 Å². The van der Waals surface area contributed by atoms with Crippen molar-refractivity contribution in [3.8, 4) is 0 Å². The Morgan fingerprint density at radius 3 is 2.04 bits per heavy atom. The number of piperidine rings is 1. The topological polar surface area (TPSA) is 46.1 Å². The van der Waals surface area contributed by atoms with E-state index in [2.05, 4.69) is 41.1 Å². The molecule has 27 heavy (non-hydrogen) atoms. The van der Waals surface area contributed by atoms with Gasteiger partial charge in [-0.2, -0.15) is 0 Å².